The van der Waals surface area contributed by atoms with Gasteiger partial charge >= 0.3 is 0 Å². The predicted molar refractivity (Wildman–Crippen MR) is 84.0 cm³/mol. The van der Waals surface area contributed by atoms with Crippen molar-refractivity contribution < 1.29 is 4.74 Å². The van der Waals surface area contributed by atoms with Gasteiger partial charge in [-0.05, 0) is 25.5 Å². The average Bonchev–Trinajstić information content (AvgIpc) is 2.49. The lowest BCUT2D eigenvalue weighted by molar-refractivity contribution is 0.304. The number of nitrogens with zero attached hydrogens (tertiary/aromatic N) is 1. The maximum atomic E-state index is 5.70. The Morgan fingerprint density at radius 2 is 1.75 bits per heavy atom. The molecule has 0 aliphatic heterocycles. The van der Waals surface area contributed by atoms with Crippen LogP contribution in [-0.4, -0.2) is 11.6 Å². The van der Waals surface area contributed by atoms with Crippen LogP contribution in [0.2, 0.25) is 0 Å². The summed E-state index contributed by atoms with van der Waals surface area (Å²) in [6.45, 7) is 5.09. The van der Waals surface area contributed by atoms with Gasteiger partial charge in [0.2, 0.25) is 0 Å². The first kappa shape index (κ1) is 14.6. The SMILES string of the molecule is CCCCCCOc1ccc(-c2ccc(C)cc2)nc1. The highest BCUT2D eigenvalue weighted by atomic mass is 16.5. The quantitative estimate of drug-likeness (QED) is 0.659. The monoisotopic (exact) mass is 269 g/mol. The van der Waals surface area contributed by atoms with Crippen molar-refractivity contribution in [3.05, 3.63) is 48.2 Å². The van der Waals surface area contributed by atoms with Crippen molar-refractivity contribution in [1.82, 2.24) is 4.98 Å². The minimum atomic E-state index is 0.783. The van der Waals surface area contributed by atoms with E-state index in [0.29, 0.717) is 0 Å². The fourth-order valence-electron chi connectivity index (χ4n) is 2.08. The van der Waals surface area contributed by atoms with Gasteiger partial charge in [0.05, 0.1) is 18.5 Å². The van der Waals surface area contributed by atoms with Gasteiger partial charge in [-0.3, -0.25) is 4.98 Å². The Balaban J connectivity index is 1.88. The van der Waals surface area contributed by atoms with Gasteiger partial charge in [0.1, 0.15) is 5.75 Å². The maximum Gasteiger partial charge on any atom is 0.137 e. The summed E-state index contributed by atoms with van der Waals surface area (Å²) in [5, 5.41) is 0. The lowest BCUT2D eigenvalue weighted by Crippen LogP contribution is -1.97. The zero-order chi connectivity index (χ0) is 14.2. The Kier molecular flexibility index (Phi) is 5.60. The summed E-state index contributed by atoms with van der Waals surface area (Å²) in [6.07, 6.45) is 6.72. The van der Waals surface area contributed by atoms with E-state index >= 15 is 0 Å². The zero-order valence-electron chi connectivity index (χ0n) is 12.4. The highest BCUT2D eigenvalue weighted by Crippen LogP contribution is 2.20. The molecule has 0 atom stereocenters. The van der Waals surface area contributed by atoms with Gasteiger partial charge in [0.15, 0.2) is 0 Å². The minimum Gasteiger partial charge on any atom is -0.492 e. The number of hydrogen-bond donors (Lipinski definition) is 0. The van der Waals surface area contributed by atoms with Crippen LogP contribution < -0.4 is 4.74 Å². The average molecular weight is 269 g/mol. The van der Waals surface area contributed by atoms with Gasteiger partial charge in [-0.2, -0.15) is 0 Å². The molecule has 2 rings (SSSR count). The molecule has 0 N–H and O–H groups in total. The number of aryl methyl sites for hydroxylation is 1. The van der Waals surface area contributed by atoms with Gasteiger partial charge in [-0.1, -0.05) is 56.0 Å². The van der Waals surface area contributed by atoms with Crippen LogP contribution in [0.3, 0.4) is 0 Å². The van der Waals surface area contributed by atoms with E-state index in [1.807, 2.05) is 18.3 Å². The molecule has 2 nitrogen and oxygen atoms in total. The number of pyridine rings is 1. The molecule has 1 aromatic carbocycles. The van der Waals surface area contributed by atoms with Crippen LogP contribution in [0.1, 0.15) is 38.2 Å². The summed E-state index contributed by atoms with van der Waals surface area (Å²) >= 11 is 0. The van der Waals surface area contributed by atoms with E-state index in [2.05, 4.69) is 43.1 Å². The Labute approximate surface area is 121 Å². The first-order valence-electron chi connectivity index (χ1n) is 7.45. The van der Waals surface area contributed by atoms with E-state index in [-0.39, 0.29) is 0 Å². The second-order valence-electron chi connectivity index (χ2n) is 5.15. The predicted octanol–water partition coefficient (Wildman–Crippen LogP) is 5.02. The normalized spacial score (nSPS) is 10.5. The molecule has 0 saturated carbocycles. The van der Waals surface area contributed by atoms with Crippen LogP contribution in [0.4, 0.5) is 0 Å². The minimum absolute atomic E-state index is 0.783. The van der Waals surface area contributed by atoms with E-state index in [1.54, 1.807) is 0 Å². The van der Waals surface area contributed by atoms with E-state index in [1.165, 1.54) is 24.8 Å². The molecule has 0 saturated heterocycles. The molecule has 0 aliphatic rings. The molecule has 0 aliphatic carbocycles. The first-order chi connectivity index (χ1) is 9.79. The maximum absolute atomic E-state index is 5.70. The van der Waals surface area contributed by atoms with E-state index in [0.717, 1.165) is 30.0 Å². The van der Waals surface area contributed by atoms with Crippen molar-refractivity contribution >= 4 is 0 Å². The molecule has 0 bridgehead atoms. The smallest absolute Gasteiger partial charge is 0.137 e. The summed E-state index contributed by atoms with van der Waals surface area (Å²) in [4.78, 5) is 4.47. The Morgan fingerprint density at radius 3 is 2.40 bits per heavy atom. The van der Waals surface area contributed by atoms with Gasteiger partial charge in [-0.25, -0.2) is 0 Å². The molecule has 0 spiro atoms. The molecule has 0 fully saturated rings. The molecule has 0 amide bonds. The second-order valence-corrected chi connectivity index (χ2v) is 5.15. The first-order valence-corrected chi connectivity index (χ1v) is 7.45. The summed E-state index contributed by atoms with van der Waals surface area (Å²) < 4.78 is 5.70. The lowest BCUT2D eigenvalue weighted by atomic mass is 10.1. The van der Waals surface area contributed by atoms with Crippen molar-refractivity contribution in [2.75, 3.05) is 6.61 Å². The molecule has 20 heavy (non-hydrogen) atoms. The Bertz CT molecular complexity index is 502. The van der Waals surface area contributed by atoms with Crippen molar-refractivity contribution in [2.45, 2.75) is 39.5 Å². The summed E-state index contributed by atoms with van der Waals surface area (Å²) in [7, 11) is 0. The van der Waals surface area contributed by atoms with E-state index in [9.17, 15) is 0 Å². The van der Waals surface area contributed by atoms with Crippen LogP contribution in [0.5, 0.6) is 5.75 Å². The third-order valence-electron chi connectivity index (χ3n) is 3.35. The molecule has 106 valence electrons. The zero-order valence-corrected chi connectivity index (χ0v) is 12.4. The van der Waals surface area contributed by atoms with Crippen molar-refractivity contribution in [3.63, 3.8) is 0 Å². The van der Waals surface area contributed by atoms with Crippen LogP contribution in [0, 0.1) is 6.92 Å². The van der Waals surface area contributed by atoms with Crippen molar-refractivity contribution in [3.8, 4) is 17.0 Å². The third kappa shape index (κ3) is 4.37. The van der Waals surface area contributed by atoms with E-state index in [4.69, 9.17) is 4.74 Å². The number of benzene rings is 1. The molecule has 0 unspecified atom stereocenters. The van der Waals surface area contributed by atoms with Crippen molar-refractivity contribution in [2.24, 2.45) is 0 Å². The fraction of sp³-hybridized carbons (Fsp3) is 0.389. The molecular formula is C18H23NO. The Hall–Kier alpha value is -1.83. The second kappa shape index (κ2) is 7.68. The Morgan fingerprint density at radius 1 is 0.950 bits per heavy atom. The lowest BCUT2D eigenvalue weighted by Gasteiger charge is -2.07. The third-order valence-corrected chi connectivity index (χ3v) is 3.35. The van der Waals surface area contributed by atoms with Crippen LogP contribution >= 0.6 is 0 Å². The van der Waals surface area contributed by atoms with E-state index < -0.39 is 0 Å². The van der Waals surface area contributed by atoms with Crippen molar-refractivity contribution in [1.29, 1.82) is 0 Å². The molecule has 2 heteroatoms. The van der Waals surface area contributed by atoms with Gasteiger partial charge < -0.3 is 4.74 Å². The number of aromatic nitrogens is 1. The molecule has 0 radical (unpaired) electrons. The topological polar surface area (TPSA) is 22.1 Å². The van der Waals surface area contributed by atoms with Gasteiger partial charge in [-0.15, -0.1) is 0 Å². The van der Waals surface area contributed by atoms with Crippen LogP contribution in [0.15, 0.2) is 42.6 Å². The number of ether oxygens (including phenoxy) is 1. The highest BCUT2D eigenvalue weighted by Gasteiger charge is 2.00. The largest absolute Gasteiger partial charge is 0.492 e. The van der Waals surface area contributed by atoms with Gasteiger partial charge in [0, 0.05) is 5.56 Å². The number of unbranched alkanes of at least 4 members (excludes halogenated alkanes) is 3. The molecule has 2 aromatic rings. The van der Waals surface area contributed by atoms with Crippen LogP contribution in [0.25, 0.3) is 11.3 Å². The fourth-order valence-corrected chi connectivity index (χ4v) is 2.08. The summed E-state index contributed by atoms with van der Waals surface area (Å²) in [5.74, 6) is 0.859. The summed E-state index contributed by atoms with van der Waals surface area (Å²) in [6, 6.07) is 12.4. The van der Waals surface area contributed by atoms with Gasteiger partial charge in [0.25, 0.3) is 0 Å². The standard InChI is InChI=1S/C18H23NO/c1-3-4-5-6-13-20-17-11-12-18(19-14-17)16-9-7-15(2)8-10-16/h7-12,14H,3-6,13H2,1-2H3. The molecule has 1 aromatic heterocycles. The molecule has 1 heterocycles. The number of rotatable bonds is 7. The highest BCUT2D eigenvalue weighted by molar-refractivity contribution is 5.59. The summed E-state index contributed by atoms with van der Waals surface area (Å²) in [5.41, 5.74) is 3.40. The number of hydrogen-bond acceptors (Lipinski definition) is 2. The van der Waals surface area contributed by atoms with Crippen LogP contribution in [-0.2, 0) is 0 Å². The molecular weight excluding hydrogens is 246 g/mol.